The summed E-state index contributed by atoms with van der Waals surface area (Å²) in [5.41, 5.74) is 4.09. The zero-order valence-electron chi connectivity index (χ0n) is 34.0. The smallest absolute Gasteiger partial charge is 0.214 e. The summed E-state index contributed by atoms with van der Waals surface area (Å²) >= 11 is 0. The van der Waals surface area contributed by atoms with E-state index in [0.717, 1.165) is 26.1 Å². The summed E-state index contributed by atoms with van der Waals surface area (Å²) in [5.74, 6) is 1.28. The van der Waals surface area contributed by atoms with E-state index in [1.807, 2.05) is 27.7 Å². The molecule has 0 saturated heterocycles. The molecule has 6 heteroatoms. The van der Waals surface area contributed by atoms with E-state index >= 15 is 0 Å². The predicted octanol–water partition coefficient (Wildman–Crippen LogP) is 11.5. The van der Waals surface area contributed by atoms with Crippen molar-refractivity contribution in [2.24, 2.45) is 16.2 Å². The van der Waals surface area contributed by atoms with E-state index in [2.05, 4.69) is 133 Å². The van der Waals surface area contributed by atoms with Gasteiger partial charge in [-0.15, -0.1) is 0 Å². The molecule has 46 heavy (non-hydrogen) atoms. The first-order chi connectivity index (χ1) is 20.7. The lowest BCUT2D eigenvalue weighted by Gasteiger charge is -2.34. The summed E-state index contributed by atoms with van der Waals surface area (Å²) in [6.45, 7) is 42.4. The summed E-state index contributed by atoms with van der Waals surface area (Å²) in [4.78, 5) is 0. The van der Waals surface area contributed by atoms with Crippen molar-refractivity contribution in [2.75, 3.05) is 13.2 Å². The third kappa shape index (κ3) is 22.6. The molecule has 2 aliphatic carbocycles. The molecular formula is C40H79NO4S. The second kappa shape index (κ2) is 20.5. The second-order valence-corrected chi connectivity index (χ2v) is 19.2. The number of hydrogen-bond donors (Lipinski definition) is 1. The monoisotopic (exact) mass is 670 g/mol. The number of hydrogen-bond acceptors (Lipinski definition) is 4. The molecule has 0 atom stereocenters. The largest absolute Gasteiger partial charge is 0.378 e. The SMILES string of the molecule is CC.CC(C)(C)C(C)(C)C.CC(C)NS(=O)(=O)C1CC1.CC(C)OCC1(COC(C)(C)C)CC1.CC(C)c1cccc(C(C)C)c1. The molecular weight excluding hydrogens is 591 g/mol. The Balaban J connectivity index is 0. The highest BCUT2D eigenvalue weighted by molar-refractivity contribution is 7.90. The number of nitrogens with one attached hydrogen (secondary N) is 1. The van der Waals surface area contributed by atoms with Crippen molar-refractivity contribution in [3.63, 3.8) is 0 Å². The van der Waals surface area contributed by atoms with Gasteiger partial charge >= 0.3 is 0 Å². The Kier molecular flexibility index (Phi) is 21.1. The fraction of sp³-hybridized carbons (Fsp3) is 0.850. The van der Waals surface area contributed by atoms with Gasteiger partial charge in [-0.05, 0) is 108 Å². The van der Waals surface area contributed by atoms with Crippen LogP contribution in [0.4, 0.5) is 0 Å². The maximum absolute atomic E-state index is 11.1. The van der Waals surface area contributed by atoms with Crippen LogP contribution in [0, 0.1) is 16.2 Å². The lowest BCUT2D eigenvalue weighted by molar-refractivity contribution is -0.0541. The molecule has 0 radical (unpaired) electrons. The molecule has 5 nitrogen and oxygen atoms in total. The summed E-state index contributed by atoms with van der Waals surface area (Å²) in [5, 5.41) is -0.0881. The number of rotatable bonds is 10. The first kappa shape index (κ1) is 47.2. The molecule has 1 aromatic rings. The van der Waals surface area contributed by atoms with Crippen molar-refractivity contribution < 1.29 is 17.9 Å². The molecule has 0 spiro atoms. The third-order valence-electron chi connectivity index (χ3n) is 8.35. The zero-order valence-corrected chi connectivity index (χ0v) is 34.8. The number of ether oxygens (including phenoxy) is 2. The van der Waals surface area contributed by atoms with Crippen LogP contribution in [0.1, 0.15) is 180 Å². The Hall–Kier alpha value is -0.950. The van der Waals surface area contributed by atoms with E-state index in [4.69, 9.17) is 9.47 Å². The molecule has 1 N–H and O–H groups in total. The van der Waals surface area contributed by atoms with Crippen LogP contribution >= 0.6 is 0 Å². The summed E-state index contributed by atoms with van der Waals surface area (Å²) in [7, 11) is -2.94. The minimum Gasteiger partial charge on any atom is -0.378 e. The van der Waals surface area contributed by atoms with E-state index in [1.54, 1.807) is 0 Å². The van der Waals surface area contributed by atoms with E-state index in [0.29, 0.717) is 34.2 Å². The normalized spacial score (nSPS) is 16.0. The average molecular weight is 670 g/mol. The summed E-state index contributed by atoms with van der Waals surface area (Å²) in [6, 6.07) is 8.91. The van der Waals surface area contributed by atoms with Crippen molar-refractivity contribution >= 4 is 10.0 Å². The Morgan fingerprint density at radius 3 is 1.43 bits per heavy atom. The molecule has 2 saturated carbocycles. The quantitative estimate of drug-likeness (QED) is 0.269. The molecule has 274 valence electrons. The van der Waals surface area contributed by atoms with Crippen molar-refractivity contribution in [1.82, 2.24) is 4.72 Å². The van der Waals surface area contributed by atoms with Gasteiger partial charge in [-0.1, -0.05) is 107 Å². The highest BCUT2D eigenvalue weighted by Crippen LogP contribution is 2.46. The van der Waals surface area contributed by atoms with Gasteiger partial charge in [-0.3, -0.25) is 0 Å². The molecule has 0 bridgehead atoms. The van der Waals surface area contributed by atoms with Gasteiger partial charge in [0.05, 0.1) is 30.2 Å². The molecule has 0 aliphatic heterocycles. The van der Waals surface area contributed by atoms with Crippen LogP contribution in [0.25, 0.3) is 0 Å². The summed E-state index contributed by atoms with van der Waals surface area (Å²) in [6.07, 6.45) is 4.53. The van der Waals surface area contributed by atoms with Crippen LogP contribution < -0.4 is 4.72 Å². The molecule has 0 amide bonds. The average Bonchev–Trinajstić information content (AvgIpc) is 3.82. The number of benzene rings is 1. The van der Waals surface area contributed by atoms with Gasteiger partial charge in [-0.25, -0.2) is 13.1 Å². The molecule has 1 aromatic carbocycles. The predicted molar refractivity (Wildman–Crippen MR) is 204 cm³/mol. The zero-order chi connectivity index (χ0) is 36.7. The molecule has 2 aliphatic rings. The Labute approximate surface area is 288 Å². The topological polar surface area (TPSA) is 64.6 Å². The van der Waals surface area contributed by atoms with Gasteiger partial charge in [0, 0.05) is 11.5 Å². The second-order valence-electron chi connectivity index (χ2n) is 17.3. The molecule has 0 aromatic heterocycles. The van der Waals surface area contributed by atoms with Gasteiger partial charge in [0.25, 0.3) is 0 Å². The van der Waals surface area contributed by atoms with Crippen molar-refractivity contribution in [3.05, 3.63) is 35.4 Å². The van der Waals surface area contributed by atoms with Crippen LogP contribution in [-0.4, -0.2) is 44.6 Å². The Bertz CT molecular complexity index is 995. The van der Waals surface area contributed by atoms with E-state index in [-0.39, 0.29) is 16.9 Å². The molecule has 3 rings (SSSR count). The Morgan fingerprint density at radius 1 is 0.761 bits per heavy atom. The molecule has 2 fully saturated rings. The standard InChI is InChI=1S/C12H24O2.C12H18.C8H18.C6H13NO2S.C2H6/c1-10(2)13-8-12(6-7-12)9-14-11(3,4)5;1-9(2)11-6-5-7-12(8-11)10(3)4;1-7(2,3)8(4,5)6;1-5(2)7-10(8,9)6-3-4-6;1-2/h10H,6-9H2,1-5H3;5-10H,1-4H3;1-6H3;5-7H,3-4H2,1-2H3;1-2H3. The number of sulfonamides is 1. The first-order valence-corrected chi connectivity index (χ1v) is 19.6. The van der Waals surface area contributed by atoms with Gasteiger partial charge in [0.1, 0.15) is 0 Å². The van der Waals surface area contributed by atoms with E-state index in [1.165, 1.54) is 24.0 Å². The van der Waals surface area contributed by atoms with E-state index < -0.39 is 10.0 Å². The molecule has 0 heterocycles. The maximum Gasteiger partial charge on any atom is 0.214 e. The lowest BCUT2D eigenvalue weighted by atomic mass is 9.71. The van der Waals surface area contributed by atoms with Crippen molar-refractivity contribution in [3.8, 4) is 0 Å². The third-order valence-corrected chi connectivity index (χ3v) is 10.5. The van der Waals surface area contributed by atoms with Gasteiger partial charge < -0.3 is 9.47 Å². The Morgan fingerprint density at radius 2 is 1.17 bits per heavy atom. The fourth-order valence-corrected chi connectivity index (χ4v) is 4.91. The highest BCUT2D eigenvalue weighted by Gasteiger charge is 2.44. The van der Waals surface area contributed by atoms with Crippen LogP contribution in [0.2, 0.25) is 0 Å². The van der Waals surface area contributed by atoms with Gasteiger partial charge in [0.15, 0.2) is 0 Å². The van der Waals surface area contributed by atoms with Gasteiger partial charge in [-0.2, -0.15) is 0 Å². The maximum atomic E-state index is 11.1. The minimum atomic E-state index is -2.94. The van der Waals surface area contributed by atoms with Crippen LogP contribution in [0.15, 0.2) is 24.3 Å². The van der Waals surface area contributed by atoms with Crippen LogP contribution in [0.5, 0.6) is 0 Å². The van der Waals surface area contributed by atoms with Crippen molar-refractivity contribution in [2.45, 2.75) is 192 Å². The fourth-order valence-electron chi connectivity index (χ4n) is 3.30. The van der Waals surface area contributed by atoms with Crippen LogP contribution in [0.3, 0.4) is 0 Å². The summed E-state index contributed by atoms with van der Waals surface area (Å²) < 4.78 is 36.2. The molecule has 0 unspecified atom stereocenters. The highest BCUT2D eigenvalue weighted by atomic mass is 32.2. The lowest BCUT2D eigenvalue weighted by Crippen LogP contribution is -2.32. The van der Waals surface area contributed by atoms with E-state index in [9.17, 15) is 8.42 Å². The minimum absolute atomic E-state index is 0.0204. The van der Waals surface area contributed by atoms with Crippen LogP contribution in [-0.2, 0) is 19.5 Å². The first-order valence-electron chi connectivity index (χ1n) is 18.1. The van der Waals surface area contributed by atoms with Crippen molar-refractivity contribution in [1.29, 1.82) is 0 Å². The van der Waals surface area contributed by atoms with Gasteiger partial charge in [0.2, 0.25) is 10.0 Å².